The zero-order valence-corrected chi connectivity index (χ0v) is 11.3. The summed E-state index contributed by atoms with van der Waals surface area (Å²) in [5.41, 5.74) is 0.610. The SMILES string of the molecule is O=C(Nc1cccnc1)c1ccc(S(=O)(=O)C(F)F)cc1. The number of halogens is 2. The molecule has 0 saturated heterocycles. The van der Waals surface area contributed by atoms with Gasteiger partial charge in [-0.25, -0.2) is 8.42 Å². The van der Waals surface area contributed by atoms with Crippen LogP contribution in [0, 0.1) is 0 Å². The Balaban J connectivity index is 2.18. The topological polar surface area (TPSA) is 76.1 Å². The third kappa shape index (κ3) is 3.40. The summed E-state index contributed by atoms with van der Waals surface area (Å²) in [7, 11) is -4.65. The molecule has 0 atom stereocenters. The predicted octanol–water partition coefficient (Wildman–Crippen LogP) is 2.33. The van der Waals surface area contributed by atoms with Gasteiger partial charge in [0.25, 0.3) is 5.91 Å². The Bertz CT molecular complexity index is 732. The highest BCUT2D eigenvalue weighted by molar-refractivity contribution is 7.91. The molecule has 1 aromatic heterocycles. The van der Waals surface area contributed by atoms with Crippen LogP contribution >= 0.6 is 0 Å². The van der Waals surface area contributed by atoms with Gasteiger partial charge in [-0.05, 0) is 36.4 Å². The quantitative estimate of drug-likeness (QED) is 0.940. The molecule has 0 aliphatic heterocycles. The van der Waals surface area contributed by atoms with Crippen molar-refractivity contribution in [2.24, 2.45) is 0 Å². The van der Waals surface area contributed by atoms with Crippen LogP contribution in [0.5, 0.6) is 0 Å². The number of rotatable bonds is 4. The molecule has 0 unspecified atom stereocenters. The van der Waals surface area contributed by atoms with E-state index in [1.54, 1.807) is 18.3 Å². The minimum atomic E-state index is -4.65. The van der Waals surface area contributed by atoms with Gasteiger partial charge in [0.2, 0.25) is 9.84 Å². The Kier molecular flexibility index (Phi) is 4.27. The molecule has 0 bridgehead atoms. The van der Waals surface area contributed by atoms with Crippen LogP contribution in [0.15, 0.2) is 53.7 Å². The smallest absolute Gasteiger partial charge is 0.321 e. The maximum absolute atomic E-state index is 12.4. The fraction of sp³-hybridized carbons (Fsp3) is 0.0769. The van der Waals surface area contributed by atoms with Crippen molar-refractivity contribution in [3.63, 3.8) is 0 Å². The van der Waals surface area contributed by atoms with Crippen molar-refractivity contribution >= 4 is 21.4 Å². The van der Waals surface area contributed by atoms with E-state index in [0.29, 0.717) is 5.69 Å². The number of benzene rings is 1. The lowest BCUT2D eigenvalue weighted by Crippen LogP contribution is -2.14. The third-order valence-corrected chi connectivity index (χ3v) is 4.00. The number of pyridine rings is 1. The van der Waals surface area contributed by atoms with Gasteiger partial charge < -0.3 is 5.32 Å². The van der Waals surface area contributed by atoms with Gasteiger partial charge in [-0.1, -0.05) is 0 Å². The molecule has 1 aromatic carbocycles. The molecule has 0 aliphatic carbocycles. The summed E-state index contributed by atoms with van der Waals surface area (Å²) in [6, 6.07) is 7.54. The van der Waals surface area contributed by atoms with Gasteiger partial charge in [0.05, 0.1) is 16.8 Å². The van der Waals surface area contributed by atoms with Crippen LogP contribution < -0.4 is 5.32 Å². The van der Waals surface area contributed by atoms with Crippen LogP contribution in [0.4, 0.5) is 14.5 Å². The highest BCUT2D eigenvalue weighted by Crippen LogP contribution is 2.19. The number of amides is 1. The summed E-state index contributed by atoms with van der Waals surface area (Å²) in [6.07, 6.45) is 2.98. The van der Waals surface area contributed by atoms with E-state index in [-0.39, 0.29) is 5.56 Å². The van der Waals surface area contributed by atoms with E-state index in [1.807, 2.05) is 0 Å². The van der Waals surface area contributed by atoms with Gasteiger partial charge in [0.15, 0.2) is 0 Å². The average Bonchev–Trinajstić information content (AvgIpc) is 2.48. The van der Waals surface area contributed by atoms with Gasteiger partial charge in [-0.3, -0.25) is 9.78 Å². The molecule has 0 fully saturated rings. The van der Waals surface area contributed by atoms with Gasteiger partial charge in [-0.2, -0.15) is 8.78 Å². The highest BCUT2D eigenvalue weighted by Gasteiger charge is 2.26. The van der Waals surface area contributed by atoms with Gasteiger partial charge in [-0.15, -0.1) is 0 Å². The first kappa shape index (κ1) is 15.0. The normalized spacial score (nSPS) is 11.4. The number of nitrogens with zero attached hydrogens (tertiary/aromatic N) is 1. The van der Waals surface area contributed by atoms with Crippen molar-refractivity contribution in [2.75, 3.05) is 5.32 Å². The van der Waals surface area contributed by atoms with Crippen molar-refractivity contribution in [1.29, 1.82) is 0 Å². The molecule has 0 aliphatic rings. The number of hydrogen-bond donors (Lipinski definition) is 1. The Hall–Kier alpha value is -2.35. The molecule has 2 rings (SSSR count). The van der Waals surface area contributed by atoms with Crippen molar-refractivity contribution in [2.45, 2.75) is 10.7 Å². The molecule has 1 amide bonds. The second-order valence-corrected chi connectivity index (χ2v) is 5.94. The van der Waals surface area contributed by atoms with Crippen molar-refractivity contribution in [3.8, 4) is 0 Å². The summed E-state index contributed by atoms with van der Waals surface area (Å²) in [6.45, 7) is 0. The van der Waals surface area contributed by atoms with E-state index < -0.39 is 26.4 Å². The maximum atomic E-state index is 12.4. The van der Waals surface area contributed by atoms with E-state index in [4.69, 9.17) is 0 Å². The predicted molar refractivity (Wildman–Crippen MR) is 71.8 cm³/mol. The lowest BCUT2D eigenvalue weighted by atomic mass is 10.2. The van der Waals surface area contributed by atoms with E-state index in [2.05, 4.69) is 10.3 Å². The van der Waals surface area contributed by atoms with Crippen LogP contribution in [0.3, 0.4) is 0 Å². The summed E-state index contributed by atoms with van der Waals surface area (Å²) >= 11 is 0. The molecule has 1 heterocycles. The summed E-state index contributed by atoms with van der Waals surface area (Å²) in [4.78, 5) is 15.2. The highest BCUT2D eigenvalue weighted by atomic mass is 32.2. The average molecular weight is 312 g/mol. The fourth-order valence-electron chi connectivity index (χ4n) is 1.54. The Morgan fingerprint density at radius 1 is 1.14 bits per heavy atom. The Labute approximate surface area is 119 Å². The molecule has 21 heavy (non-hydrogen) atoms. The minimum absolute atomic E-state index is 0.145. The minimum Gasteiger partial charge on any atom is -0.321 e. The lowest BCUT2D eigenvalue weighted by molar-refractivity contribution is 0.102. The van der Waals surface area contributed by atoms with E-state index >= 15 is 0 Å². The second kappa shape index (κ2) is 5.96. The number of hydrogen-bond acceptors (Lipinski definition) is 4. The van der Waals surface area contributed by atoms with Crippen LogP contribution in [0.25, 0.3) is 0 Å². The van der Waals surface area contributed by atoms with E-state index in [9.17, 15) is 22.0 Å². The number of sulfone groups is 1. The number of nitrogens with one attached hydrogen (secondary N) is 1. The zero-order valence-electron chi connectivity index (χ0n) is 10.5. The molecule has 110 valence electrons. The number of anilines is 1. The van der Waals surface area contributed by atoms with E-state index in [0.717, 1.165) is 12.1 Å². The number of aromatic nitrogens is 1. The van der Waals surface area contributed by atoms with Crippen LogP contribution in [-0.4, -0.2) is 25.1 Å². The summed E-state index contributed by atoms with van der Waals surface area (Å²) in [5, 5.41) is 2.54. The summed E-state index contributed by atoms with van der Waals surface area (Å²) < 4.78 is 47.2. The van der Waals surface area contributed by atoms with Gasteiger partial charge in [0.1, 0.15) is 0 Å². The Morgan fingerprint density at radius 3 is 2.33 bits per heavy atom. The lowest BCUT2D eigenvalue weighted by Gasteiger charge is -2.06. The standard InChI is InChI=1S/C13H10F2N2O3S/c14-13(15)21(19,20)11-5-3-9(4-6-11)12(18)17-10-2-1-7-16-8-10/h1-8,13H,(H,17,18). The first-order chi connectivity index (χ1) is 9.91. The summed E-state index contributed by atoms with van der Waals surface area (Å²) in [5.74, 6) is -3.99. The molecular weight excluding hydrogens is 302 g/mol. The monoisotopic (exact) mass is 312 g/mol. The number of alkyl halides is 2. The number of carbonyl (C=O) groups is 1. The van der Waals surface area contributed by atoms with Gasteiger partial charge in [0, 0.05) is 11.8 Å². The first-order valence-electron chi connectivity index (χ1n) is 5.75. The van der Waals surface area contributed by atoms with Crippen LogP contribution in [-0.2, 0) is 9.84 Å². The first-order valence-corrected chi connectivity index (χ1v) is 7.29. The zero-order chi connectivity index (χ0) is 15.5. The van der Waals surface area contributed by atoms with Crippen molar-refractivity contribution < 1.29 is 22.0 Å². The molecule has 1 N–H and O–H groups in total. The molecule has 2 aromatic rings. The van der Waals surface area contributed by atoms with Crippen molar-refractivity contribution in [3.05, 3.63) is 54.4 Å². The molecule has 8 heteroatoms. The van der Waals surface area contributed by atoms with Crippen molar-refractivity contribution in [1.82, 2.24) is 4.98 Å². The molecule has 0 radical (unpaired) electrons. The third-order valence-electron chi connectivity index (χ3n) is 2.60. The molecule has 5 nitrogen and oxygen atoms in total. The second-order valence-electron chi connectivity index (χ2n) is 4.03. The van der Waals surface area contributed by atoms with Crippen LogP contribution in [0.2, 0.25) is 0 Å². The molecule has 0 saturated carbocycles. The number of carbonyl (C=O) groups excluding carboxylic acids is 1. The Morgan fingerprint density at radius 2 is 1.81 bits per heavy atom. The van der Waals surface area contributed by atoms with Gasteiger partial charge >= 0.3 is 5.76 Å². The maximum Gasteiger partial charge on any atom is 0.341 e. The fourth-order valence-corrected chi connectivity index (χ4v) is 2.26. The molecule has 0 spiro atoms. The van der Waals surface area contributed by atoms with Crippen LogP contribution in [0.1, 0.15) is 10.4 Å². The van der Waals surface area contributed by atoms with E-state index in [1.165, 1.54) is 18.3 Å². The molecular formula is C13H10F2N2O3S. The largest absolute Gasteiger partial charge is 0.341 e.